The van der Waals surface area contributed by atoms with Gasteiger partial charge in [0, 0.05) is 57.9 Å². The fourth-order valence-electron chi connectivity index (χ4n) is 5.15. The molecule has 31 heavy (non-hydrogen) atoms. The molecule has 3 aliphatic rings. The van der Waals surface area contributed by atoms with Gasteiger partial charge in [-0.05, 0) is 72.9 Å². The van der Waals surface area contributed by atoms with Gasteiger partial charge in [-0.1, -0.05) is 6.08 Å². The number of aryl methyl sites for hydroxylation is 1. The highest BCUT2D eigenvalue weighted by Crippen LogP contribution is 2.40. The quantitative estimate of drug-likeness (QED) is 0.532. The number of nitrogens with one attached hydrogen (secondary N) is 3. The molecule has 0 saturated heterocycles. The van der Waals surface area contributed by atoms with Gasteiger partial charge in [0.2, 0.25) is 0 Å². The summed E-state index contributed by atoms with van der Waals surface area (Å²) in [6.45, 7) is 0. The highest BCUT2D eigenvalue weighted by Gasteiger charge is 2.34. The van der Waals surface area contributed by atoms with Crippen LogP contribution in [0.3, 0.4) is 0 Å². The predicted molar refractivity (Wildman–Crippen MR) is 120 cm³/mol. The number of fused-ring (bicyclic) bond motifs is 8. The van der Waals surface area contributed by atoms with Crippen molar-refractivity contribution in [2.24, 2.45) is 4.99 Å². The molecular weight excluding hydrogens is 388 g/mol. The van der Waals surface area contributed by atoms with E-state index in [2.05, 4.69) is 63.5 Å². The minimum atomic E-state index is -0.762. The molecule has 1 saturated carbocycles. The molecule has 5 heterocycles. The van der Waals surface area contributed by atoms with Crippen molar-refractivity contribution in [3.05, 3.63) is 81.0 Å². The predicted octanol–water partition coefficient (Wildman–Crippen LogP) is 2.53. The van der Waals surface area contributed by atoms with E-state index in [0.29, 0.717) is 6.42 Å². The number of hydrogen-bond acceptors (Lipinski definition) is 2. The summed E-state index contributed by atoms with van der Waals surface area (Å²) in [6, 6.07) is 10.6. The second-order valence-electron chi connectivity index (χ2n) is 8.71. The van der Waals surface area contributed by atoms with Crippen LogP contribution in [0.5, 0.6) is 0 Å². The molecular formula is C25H24N4O2. The van der Waals surface area contributed by atoms with Gasteiger partial charge < -0.3 is 20.1 Å². The summed E-state index contributed by atoms with van der Waals surface area (Å²) < 4.78 is 0. The number of aliphatic carboxylic acids is 1. The molecule has 0 amide bonds. The fourth-order valence-corrected chi connectivity index (χ4v) is 5.15. The van der Waals surface area contributed by atoms with Crippen LogP contribution >= 0.6 is 0 Å². The van der Waals surface area contributed by atoms with Crippen molar-refractivity contribution >= 4 is 23.8 Å². The van der Waals surface area contributed by atoms with E-state index in [1.807, 2.05) is 0 Å². The van der Waals surface area contributed by atoms with Crippen LogP contribution in [0.4, 0.5) is 0 Å². The molecule has 0 radical (unpaired) electrons. The van der Waals surface area contributed by atoms with Crippen molar-refractivity contribution in [1.82, 2.24) is 15.0 Å². The van der Waals surface area contributed by atoms with Gasteiger partial charge in [0.15, 0.2) is 0 Å². The Hall–Kier alpha value is -3.54. The third-order valence-electron chi connectivity index (χ3n) is 6.51. The van der Waals surface area contributed by atoms with Crippen LogP contribution in [-0.4, -0.2) is 37.8 Å². The molecule has 6 heteroatoms. The molecule has 4 N–H and O–H groups in total. The molecule has 6 nitrogen and oxygen atoms in total. The van der Waals surface area contributed by atoms with Crippen LogP contribution in [-0.2, 0) is 17.6 Å². The van der Waals surface area contributed by atoms with Crippen LogP contribution in [0.15, 0.2) is 47.0 Å². The van der Waals surface area contributed by atoms with E-state index in [1.54, 1.807) is 0 Å². The number of allylic oxidation sites excluding steroid dienone is 1. The molecule has 3 aromatic rings. The summed E-state index contributed by atoms with van der Waals surface area (Å²) in [7, 11) is 0. The van der Waals surface area contributed by atoms with E-state index in [1.165, 1.54) is 11.3 Å². The summed E-state index contributed by atoms with van der Waals surface area (Å²) in [5.74, 6) is -0.552. The summed E-state index contributed by atoms with van der Waals surface area (Å²) in [5, 5.41) is 11.4. The van der Waals surface area contributed by atoms with E-state index in [-0.39, 0.29) is 18.4 Å². The Morgan fingerprint density at radius 1 is 1.06 bits per heavy atom. The number of carboxylic acid groups (broad SMARTS) is 1. The Morgan fingerprint density at radius 2 is 1.97 bits per heavy atom. The minimum absolute atomic E-state index is 0.0428. The molecule has 156 valence electrons. The average Bonchev–Trinajstić information content (AvgIpc) is 3.51. The number of rotatable bonds is 3. The maximum absolute atomic E-state index is 11.2. The van der Waals surface area contributed by atoms with Crippen LogP contribution in [0.2, 0.25) is 0 Å². The molecule has 3 aromatic heterocycles. The lowest BCUT2D eigenvalue weighted by atomic mass is 9.96. The number of carbonyl (C=O) groups is 1. The minimum Gasteiger partial charge on any atom is -0.481 e. The maximum Gasteiger partial charge on any atom is 0.303 e. The fraction of sp³-hybridized carbons (Fsp3) is 0.280. The van der Waals surface area contributed by atoms with Gasteiger partial charge >= 0.3 is 5.97 Å². The SMILES string of the molecule is O=C(O)CCc1cc2[nH]c1C1CCC3=CC(C=c4ccc([nH]4)=Cc4ccc([nH]4)C2)N=C31. The average molecular weight is 412 g/mol. The highest BCUT2D eigenvalue weighted by atomic mass is 16.4. The molecule has 8 bridgehead atoms. The zero-order valence-corrected chi connectivity index (χ0v) is 17.1. The number of aromatic nitrogens is 3. The summed E-state index contributed by atoms with van der Waals surface area (Å²) in [4.78, 5) is 26.9. The third kappa shape index (κ3) is 3.38. The number of nitrogens with zero attached hydrogens (tertiary/aromatic N) is 1. The first-order valence-corrected chi connectivity index (χ1v) is 10.9. The number of hydrogen-bond donors (Lipinski definition) is 4. The normalized spacial score (nSPS) is 21.3. The Kier molecular flexibility index (Phi) is 4.13. The number of aliphatic imine (C=N–C) groups is 1. The topological polar surface area (TPSA) is 97.0 Å². The molecule has 0 aromatic carbocycles. The lowest BCUT2D eigenvalue weighted by molar-refractivity contribution is -0.136. The van der Waals surface area contributed by atoms with Gasteiger partial charge in [-0.2, -0.15) is 0 Å². The van der Waals surface area contributed by atoms with Gasteiger partial charge in [0.1, 0.15) is 0 Å². The molecule has 2 atom stereocenters. The number of carboxylic acids is 1. The zero-order chi connectivity index (χ0) is 20.9. The van der Waals surface area contributed by atoms with Crippen LogP contribution in [0, 0.1) is 0 Å². The van der Waals surface area contributed by atoms with E-state index in [4.69, 9.17) is 4.99 Å². The second-order valence-corrected chi connectivity index (χ2v) is 8.71. The van der Waals surface area contributed by atoms with Crippen molar-refractivity contribution < 1.29 is 9.90 Å². The van der Waals surface area contributed by atoms with Crippen molar-refractivity contribution in [3.8, 4) is 0 Å². The second kappa shape index (κ2) is 7.01. The van der Waals surface area contributed by atoms with Gasteiger partial charge in [-0.3, -0.25) is 9.79 Å². The lowest BCUT2D eigenvalue weighted by Gasteiger charge is -2.12. The largest absolute Gasteiger partial charge is 0.481 e. The Labute approximate surface area is 179 Å². The molecule has 2 unspecified atom stereocenters. The number of aromatic amines is 3. The Bertz CT molecular complexity index is 1360. The molecule has 1 aliphatic carbocycles. The summed E-state index contributed by atoms with van der Waals surface area (Å²) >= 11 is 0. The van der Waals surface area contributed by atoms with Crippen molar-refractivity contribution in [2.45, 2.75) is 44.1 Å². The first-order chi connectivity index (χ1) is 15.1. The summed E-state index contributed by atoms with van der Waals surface area (Å²) in [6.07, 6.45) is 10.0. The monoisotopic (exact) mass is 412 g/mol. The Morgan fingerprint density at radius 3 is 2.87 bits per heavy atom. The first kappa shape index (κ1) is 18.2. The standard InChI is InChI=1S/C25H24N4O2/c30-23(31)8-2-15-10-21-13-19-6-4-17(27-19)11-16-3-5-18(26-16)12-20-9-14-1-7-22(24(14)28-20)25(15)29-21/h3-6,9-12,20,22,26-27,29H,1-2,7-8,13H2,(H,30,31). The summed E-state index contributed by atoms with van der Waals surface area (Å²) in [5.41, 5.74) is 8.04. The molecule has 2 aliphatic heterocycles. The van der Waals surface area contributed by atoms with Crippen molar-refractivity contribution in [2.75, 3.05) is 0 Å². The smallest absolute Gasteiger partial charge is 0.303 e. The van der Waals surface area contributed by atoms with Crippen molar-refractivity contribution in [3.63, 3.8) is 0 Å². The highest BCUT2D eigenvalue weighted by molar-refractivity contribution is 6.09. The van der Waals surface area contributed by atoms with E-state index >= 15 is 0 Å². The van der Waals surface area contributed by atoms with Gasteiger partial charge in [0.05, 0.1) is 6.04 Å². The van der Waals surface area contributed by atoms with Crippen molar-refractivity contribution in [1.29, 1.82) is 0 Å². The lowest BCUT2D eigenvalue weighted by Crippen LogP contribution is -2.13. The van der Waals surface area contributed by atoms with Crippen LogP contribution < -0.4 is 10.7 Å². The molecule has 6 rings (SSSR count). The Balaban J connectivity index is 1.49. The van der Waals surface area contributed by atoms with Gasteiger partial charge in [-0.25, -0.2) is 0 Å². The zero-order valence-electron chi connectivity index (χ0n) is 17.1. The van der Waals surface area contributed by atoms with Gasteiger partial charge in [-0.15, -0.1) is 0 Å². The maximum atomic E-state index is 11.2. The third-order valence-corrected chi connectivity index (χ3v) is 6.51. The van der Waals surface area contributed by atoms with Crippen LogP contribution in [0.1, 0.15) is 53.5 Å². The van der Waals surface area contributed by atoms with E-state index < -0.39 is 5.97 Å². The van der Waals surface area contributed by atoms with Gasteiger partial charge in [0.25, 0.3) is 0 Å². The van der Waals surface area contributed by atoms with E-state index in [9.17, 15) is 9.90 Å². The molecule has 1 fully saturated rings. The number of H-pyrrole nitrogens is 3. The first-order valence-electron chi connectivity index (χ1n) is 10.9. The van der Waals surface area contributed by atoms with Crippen LogP contribution in [0.25, 0.3) is 12.2 Å². The molecule has 0 spiro atoms. The van der Waals surface area contributed by atoms with E-state index in [0.717, 1.165) is 58.3 Å².